The van der Waals surface area contributed by atoms with Gasteiger partial charge in [-0.1, -0.05) is 0 Å². The molecule has 10 heavy (non-hydrogen) atoms. The summed E-state index contributed by atoms with van der Waals surface area (Å²) >= 11 is 0. The lowest BCUT2D eigenvalue weighted by molar-refractivity contribution is -0.141. The zero-order chi connectivity index (χ0) is 8.15. The van der Waals surface area contributed by atoms with Crippen LogP contribution < -0.4 is 5.32 Å². The summed E-state index contributed by atoms with van der Waals surface area (Å²) in [4.78, 5) is 10.2. The highest BCUT2D eigenvalue weighted by atomic mass is 16.4. The van der Waals surface area contributed by atoms with Gasteiger partial charge in [0.25, 0.3) is 0 Å². The Morgan fingerprint density at radius 1 is 1.80 bits per heavy atom. The van der Waals surface area contributed by atoms with Crippen LogP contribution in [0.15, 0.2) is 0 Å². The summed E-state index contributed by atoms with van der Waals surface area (Å²) in [7, 11) is 0. The molecule has 0 aromatic rings. The average molecular weight is 144 g/mol. The standard InChI is InChI=1S/C5H8N2O3/c1-3(8)4(5(9)10)7-2-6/h3-4,7-8H,1H3,(H,9,10)/t3-,4+/m1/s1. The zero-order valence-corrected chi connectivity index (χ0v) is 5.40. The van der Waals surface area contributed by atoms with E-state index in [9.17, 15) is 4.79 Å². The van der Waals surface area contributed by atoms with Crippen LogP contribution in [0.3, 0.4) is 0 Å². The fourth-order valence-corrected chi connectivity index (χ4v) is 0.458. The summed E-state index contributed by atoms with van der Waals surface area (Å²) in [6, 6.07) is -1.20. The number of aliphatic hydroxyl groups excluding tert-OH is 1. The maximum atomic E-state index is 10.2. The number of nitriles is 1. The molecule has 0 spiro atoms. The van der Waals surface area contributed by atoms with Crippen LogP contribution >= 0.6 is 0 Å². The lowest BCUT2D eigenvalue weighted by atomic mass is 10.2. The van der Waals surface area contributed by atoms with E-state index in [-0.39, 0.29) is 0 Å². The Bertz CT molecular complexity index is 161. The van der Waals surface area contributed by atoms with Crippen LogP contribution in [-0.4, -0.2) is 28.3 Å². The van der Waals surface area contributed by atoms with Gasteiger partial charge in [0.05, 0.1) is 6.10 Å². The smallest absolute Gasteiger partial charge is 0.329 e. The van der Waals surface area contributed by atoms with Gasteiger partial charge in [-0.3, -0.25) is 0 Å². The minimum atomic E-state index is -1.24. The number of aliphatic hydroxyl groups is 1. The van der Waals surface area contributed by atoms with Gasteiger partial charge in [0, 0.05) is 0 Å². The van der Waals surface area contributed by atoms with E-state index in [4.69, 9.17) is 15.5 Å². The molecule has 0 rings (SSSR count). The SMILES string of the molecule is C[C@@H](O)[C@H](NC#N)C(=O)O. The van der Waals surface area contributed by atoms with E-state index >= 15 is 0 Å². The highest BCUT2D eigenvalue weighted by molar-refractivity contribution is 5.74. The number of hydrogen-bond donors (Lipinski definition) is 3. The fourth-order valence-electron chi connectivity index (χ4n) is 0.458. The Labute approximate surface area is 57.9 Å². The summed E-state index contributed by atoms with van der Waals surface area (Å²) in [5.41, 5.74) is 0. The van der Waals surface area contributed by atoms with Gasteiger partial charge < -0.3 is 15.5 Å². The summed E-state index contributed by atoms with van der Waals surface area (Å²) in [6.07, 6.45) is 0.368. The lowest BCUT2D eigenvalue weighted by Gasteiger charge is -2.11. The molecular weight excluding hydrogens is 136 g/mol. The fraction of sp³-hybridized carbons (Fsp3) is 0.600. The van der Waals surface area contributed by atoms with Crippen LogP contribution in [0.5, 0.6) is 0 Å². The minimum Gasteiger partial charge on any atom is -0.480 e. The van der Waals surface area contributed by atoms with Gasteiger partial charge in [-0.05, 0) is 6.92 Å². The van der Waals surface area contributed by atoms with Crippen LogP contribution in [0.1, 0.15) is 6.92 Å². The van der Waals surface area contributed by atoms with Crippen LogP contribution in [-0.2, 0) is 4.79 Å². The Morgan fingerprint density at radius 3 is 2.40 bits per heavy atom. The molecular formula is C5H8N2O3. The van der Waals surface area contributed by atoms with E-state index in [2.05, 4.69) is 0 Å². The topological polar surface area (TPSA) is 93.4 Å². The molecule has 3 N–H and O–H groups in total. The van der Waals surface area contributed by atoms with Gasteiger partial charge in [-0.25, -0.2) is 4.79 Å². The molecule has 5 heteroatoms. The van der Waals surface area contributed by atoms with E-state index in [1.807, 2.05) is 5.32 Å². The van der Waals surface area contributed by atoms with Gasteiger partial charge in [-0.15, -0.1) is 0 Å². The quantitative estimate of drug-likeness (QED) is 0.345. The maximum absolute atomic E-state index is 10.2. The molecule has 0 bridgehead atoms. The first kappa shape index (κ1) is 8.72. The number of hydrogen-bond acceptors (Lipinski definition) is 4. The number of carboxylic acids is 1. The molecule has 0 saturated carbocycles. The van der Waals surface area contributed by atoms with Crippen molar-refractivity contribution < 1.29 is 15.0 Å². The molecule has 0 saturated heterocycles. The second-order valence-corrected chi connectivity index (χ2v) is 1.81. The van der Waals surface area contributed by atoms with Gasteiger partial charge in [0.1, 0.15) is 0 Å². The molecule has 5 nitrogen and oxygen atoms in total. The van der Waals surface area contributed by atoms with Crippen molar-refractivity contribution in [3.05, 3.63) is 0 Å². The van der Waals surface area contributed by atoms with Crippen molar-refractivity contribution in [3.8, 4) is 6.19 Å². The van der Waals surface area contributed by atoms with Crippen LogP contribution in [0, 0.1) is 11.5 Å². The molecule has 0 aromatic heterocycles. The maximum Gasteiger partial charge on any atom is 0.329 e. The van der Waals surface area contributed by atoms with Crippen molar-refractivity contribution in [1.29, 1.82) is 5.26 Å². The monoisotopic (exact) mass is 144 g/mol. The highest BCUT2D eigenvalue weighted by Gasteiger charge is 2.21. The van der Waals surface area contributed by atoms with Crippen molar-refractivity contribution in [3.63, 3.8) is 0 Å². The number of nitrogens with one attached hydrogen (secondary N) is 1. The van der Waals surface area contributed by atoms with Crippen molar-refractivity contribution >= 4 is 5.97 Å². The van der Waals surface area contributed by atoms with E-state index in [1.165, 1.54) is 13.1 Å². The molecule has 0 aliphatic carbocycles. The second-order valence-electron chi connectivity index (χ2n) is 1.81. The molecule has 0 fully saturated rings. The molecule has 2 atom stereocenters. The Balaban J connectivity index is 4.01. The predicted octanol–water partition coefficient (Wildman–Crippen LogP) is -1.11. The molecule has 0 radical (unpaired) electrons. The molecule has 0 amide bonds. The molecule has 0 unspecified atom stereocenters. The van der Waals surface area contributed by atoms with Gasteiger partial charge in [0.2, 0.25) is 0 Å². The van der Waals surface area contributed by atoms with Crippen LogP contribution in [0.2, 0.25) is 0 Å². The molecule has 0 aromatic carbocycles. The summed E-state index contributed by atoms with van der Waals surface area (Å²) < 4.78 is 0. The lowest BCUT2D eigenvalue weighted by Crippen LogP contribution is -2.42. The average Bonchev–Trinajstić information content (AvgIpc) is 1.81. The number of carbonyl (C=O) groups is 1. The number of aliphatic carboxylic acids is 1. The van der Waals surface area contributed by atoms with Crippen molar-refractivity contribution in [2.45, 2.75) is 19.1 Å². The Morgan fingerprint density at radius 2 is 2.30 bits per heavy atom. The third-order valence-corrected chi connectivity index (χ3v) is 0.969. The summed E-state index contributed by atoms with van der Waals surface area (Å²) in [5, 5.41) is 27.0. The Kier molecular flexibility index (Phi) is 3.22. The van der Waals surface area contributed by atoms with E-state index < -0.39 is 18.1 Å². The number of nitrogens with zero attached hydrogens (tertiary/aromatic N) is 1. The van der Waals surface area contributed by atoms with E-state index in [0.29, 0.717) is 0 Å². The summed E-state index contributed by atoms with van der Waals surface area (Å²) in [6.45, 7) is 1.29. The van der Waals surface area contributed by atoms with Crippen molar-refractivity contribution in [2.24, 2.45) is 0 Å². The third-order valence-electron chi connectivity index (χ3n) is 0.969. The van der Waals surface area contributed by atoms with Gasteiger partial charge in [0.15, 0.2) is 12.2 Å². The molecule has 0 aliphatic heterocycles. The molecule has 0 aliphatic rings. The molecule has 56 valence electrons. The van der Waals surface area contributed by atoms with Gasteiger partial charge in [-0.2, -0.15) is 5.26 Å². The van der Waals surface area contributed by atoms with Crippen LogP contribution in [0.4, 0.5) is 0 Å². The predicted molar refractivity (Wildman–Crippen MR) is 31.9 cm³/mol. The molecule has 0 heterocycles. The second kappa shape index (κ2) is 3.69. The number of rotatable bonds is 3. The van der Waals surface area contributed by atoms with Crippen molar-refractivity contribution in [1.82, 2.24) is 5.32 Å². The zero-order valence-electron chi connectivity index (χ0n) is 5.40. The van der Waals surface area contributed by atoms with Crippen LogP contribution in [0.25, 0.3) is 0 Å². The van der Waals surface area contributed by atoms with Gasteiger partial charge >= 0.3 is 5.97 Å². The first-order chi connectivity index (χ1) is 4.59. The highest BCUT2D eigenvalue weighted by Crippen LogP contribution is 1.90. The van der Waals surface area contributed by atoms with Crippen molar-refractivity contribution in [2.75, 3.05) is 0 Å². The van der Waals surface area contributed by atoms with E-state index in [0.717, 1.165) is 0 Å². The normalized spacial score (nSPS) is 14.9. The first-order valence-corrected chi connectivity index (χ1v) is 2.65. The van der Waals surface area contributed by atoms with E-state index in [1.54, 1.807) is 0 Å². The first-order valence-electron chi connectivity index (χ1n) is 2.65. The number of carboxylic acid groups (broad SMARTS) is 1. The minimum absolute atomic E-state index is 1.07. The third kappa shape index (κ3) is 2.33. The Hall–Kier alpha value is -1.28. The largest absolute Gasteiger partial charge is 0.480 e. The summed E-state index contributed by atoms with van der Waals surface area (Å²) in [5.74, 6) is -1.24.